The Morgan fingerprint density at radius 3 is 1.77 bits per heavy atom. The fourth-order valence-electron chi connectivity index (χ4n) is 3.13. The highest BCUT2D eigenvalue weighted by Gasteiger charge is 2.36. The van der Waals surface area contributed by atoms with Gasteiger partial charge in [-0.3, -0.25) is 0 Å². The smallest absolute Gasteiger partial charge is 0.126 e. The summed E-state index contributed by atoms with van der Waals surface area (Å²) in [6.07, 6.45) is 4.07. The molecule has 3 nitrogen and oxygen atoms in total. The number of carbonyl (C=O) groups is 1. The van der Waals surface area contributed by atoms with E-state index >= 15 is 0 Å². The normalized spacial score (nSPS) is 31.0. The van der Waals surface area contributed by atoms with Crippen LogP contribution in [0.4, 0.5) is 0 Å². The highest BCUT2D eigenvalue weighted by atomic mass is 16.3. The van der Waals surface area contributed by atoms with Gasteiger partial charge in [0.15, 0.2) is 0 Å². The van der Waals surface area contributed by atoms with E-state index in [-0.39, 0.29) is 16.9 Å². The minimum Gasteiger partial charge on any atom is -0.393 e. The lowest BCUT2D eigenvalue weighted by molar-refractivity contribution is -0.119. The van der Waals surface area contributed by atoms with Crippen molar-refractivity contribution in [2.75, 3.05) is 0 Å². The molecule has 1 fully saturated rings. The molecule has 0 aromatic heterocycles. The summed E-state index contributed by atoms with van der Waals surface area (Å²) in [5.74, 6) is 1.18. The average Bonchev–Trinajstić information content (AvgIpc) is 2.24. The molecule has 0 aromatic rings. The Kier molecular flexibility index (Phi) is 7.77. The largest absolute Gasteiger partial charge is 0.393 e. The summed E-state index contributed by atoms with van der Waals surface area (Å²) in [5.41, 5.74) is -0.729. The van der Waals surface area contributed by atoms with E-state index in [1.54, 1.807) is 6.92 Å². The standard InChI is InChI=1S/C11H22O2.C8H16O/c1-8-4-9(2)6-11(13,5-8)7-10(3)12;1-7(2,3)8(4,5)6-9/h8-10,12-13H,4-7H2,1-3H3;6H,1-5H3. The molecular formula is C19H38O3. The van der Waals surface area contributed by atoms with Crippen LogP contribution in [-0.4, -0.2) is 28.2 Å². The van der Waals surface area contributed by atoms with Crippen LogP contribution in [0.25, 0.3) is 0 Å². The van der Waals surface area contributed by atoms with E-state index in [4.69, 9.17) is 0 Å². The third-order valence-electron chi connectivity index (χ3n) is 5.16. The number of aldehydes is 1. The third-order valence-corrected chi connectivity index (χ3v) is 5.16. The second-order valence-electron chi connectivity index (χ2n) is 9.22. The zero-order chi connectivity index (χ0) is 17.8. The van der Waals surface area contributed by atoms with Crippen molar-refractivity contribution in [3.8, 4) is 0 Å². The lowest BCUT2D eigenvalue weighted by atomic mass is 9.70. The first-order chi connectivity index (χ1) is 9.72. The minimum absolute atomic E-state index is 0.0781. The zero-order valence-electron chi connectivity index (χ0n) is 15.9. The molecule has 0 amide bonds. The van der Waals surface area contributed by atoms with Gasteiger partial charge in [0.2, 0.25) is 0 Å². The molecule has 0 heterocycles. The van der Waals surface area contributed by atoms with Crippen molar-refractivity contribution in [2.45, 2.75) is 92.8 Å². The van der Waals surface area contributed by atoms with Crippen LogP contribution >= 0.6 is 0 Å². The number of hydrogen-bond acceptors (Lipinski definition) is 3. The zero-order valence-corrected chi connectivity index (χ0v) is 15.9. The summed E-state index contributed by atoms with van der Waals surface area (Å²) in [4.78, 5) is 10.5. The Balaban J connectivity index is 0.000000433. The van der Waals surface area contributed by atoms with Gasteiger partial charge in [-0.1, -0.05) is 48.5 Å². The molecule has 0 aromatic carbocycles. The Labute approximate surface area is 137 Å². The molecule has 1 saturated carbocycles. The van der Waals surface area contributed by atoms with Gasteiger partial charge in [0, 0.05) is 11.8 Å². The SMILES string of the molecule is CC(C)(C)C(C)(C)C=O.CC(O)CC1(O)CC(C)CC(C)C1. The highest BCUT2D eigenvalue weighted by Crippen LogP contribution is 2.38. The molecule has 2 N–H and O–H groups in total. The Hall–Kier alpha value is -0.410. The van der Waals surface area contributed by atoms with Gasteiger partial charge in [-0.15, -0.1) is 0 Å². The van der Waals surface area contributed by atoms with Crippen LogP contribution in [0.2, 0.25) is 0 Å². The quantitative estimate of drug-likeness (QED) is 0.767. The summed E-state index contributed by atoms with van der Waals surface area (Å²) in [6, 6.07) is 0. The predicted octanol–water partition coefficient (Wildman–Crippen LogP) is 4.20. The predicted molar refractivity (Wildman–Crippen MR) is 92.7 cm³/mol. The van der Waals surface area contributed by atoms with Gasteiger partial charge in [0.25, 0.3) is 0 Å². The van der Waals surface area contributed by atoms with Crippen molar-refractivity contribution in [3.05, 3.63) is 0 Å². The average molecular weight is 315 g/mol. The van der Waals surface area contributed by atoms with Crippen LogP contribution in [-0.2, 0) is 4.79 Å². The second kappa shape index (κ2) is 7.92. The maximum Gasteiger partial charge on any atom is 0.126 e. The van der Waals surface area contributed by atoms with Crippen molar-refractivity contribution in [2.24, 2.45) is 22.7 Å². The molecular weight excluding hydrogens is 276 g/mol. The molecule has 1 rings (SSSR count). The molecule has 1 aliphatic carbocycles. The molecule has 1 aliphatic rings. The van der Waals surface area contributed by atoms with Gasteiger partial charge in [-0.25, -0.2) is 0 Å². The van der Waals surface area contributed by atoms with Crippen molar-refractivity contribution in [1.29, 1.82) is 0 Å². The summed E-state index contributed by atoms with van der Waals surface area (Å²) in [6.45, 7) is 16.2. The van der Waals surface area contributed by atoms with Crippen LogP contribution < -0.4 is 0 Å². The molecule has 3 heteroatoms. The van der Waals surface area contributed by atoms with Crippen LogP contribution in [0, 0.1) is 22.7 Å². The van der Waals surface area contributed by atoms with Crippen molar-refractivity contribution >= 4 is 6.29 Å². The van der Waals surface area contributed by atoms with E-state index in [9.17, 15) is 15.0 Å². The Morgan fingerprint density at radius 1 is 1.14 bits per heavy atom. The van der Waals surface area contributed by atoms with Crippen molar-refractivity contribution in [1.82, 2.24) is 0 Å². The molecule has 0 bridgehead atoms. The topological polar surface area (TPSA) is 57.5 Å². The molecule has 0 spiro atoms. The Morgan fingerprint density at radius 2 is 1.55 bits per heavy atom. The summed E-state index contributed by atoms with van der Waals surface area (Å²) >= 11 is 0. The maximum absolute atomic E-state index is 10.5. The number of aliphatic hydroxyl groups excluding tert-OH is 1. The molecule has 132 valence electrons. The molecule has 22 heavy (non-hydrogen) atoms. The Bertz CT molecular complexity index is 324. The van der Waals surface area contributed by atoms with Gasteiger partial charge in [-0.05, 0) is 43.4 Å². The fourth-order valence-corrected chi connectivity index (χ4v) is 3.13. The second-order valence-corrected chi connectivity index (χ2v) is 9.22. The summed E-state index contributed by atoms with van der Waals surface area (Å²) < 4.78 is 0. The van der Waals surface area contributed by atoms with Gasteiger partial charge < -0.3 is 15.0 Å². The van der Waals surface area contributed by atoms with Crippen molar-refractivity contribution < 1.29 is 15.0 Å². The number of aliphatic hydroxyl groups is 2. The first-order valence-electron chi connectivity index (χ1n) is 8.59. The van der Waals surface area contributed by atoms with Gasteiger partial charge in [0.1, 0.15) is 6.29 Å². The third kappa shape index (κ3) is 7.23. The van der Waals surface area contributed by atoms with E-state index in [1.807, 2.05) is 13.8 Å². The summed E-state index contributed by atoms with van der Waals surface area (Å²) in [7, 11) is 0. The van der Waals surface area contributed by atoms with E-state index in [1.165, 1.54) is 6.42 Å². The van der Waals surface area contributed by atoms with E-state index in [0.29, 0.717) is 18.3 Å². The van der Waals surface area contributed by atoms with Crippen LogP contribution in [0.15, 0.2) is 0 Å². The van der Waals surface area contributed by atoms with Gasteiger partial charge >= 0.3 is 0 Å². The number of hydrogen-bond donors (Lipinski definition) is 2. The first-order valence-corrected chi connectivity index (χ1v) is 8.59. The number of rotatable bonds is 3. The minimum atomic E-state index is -0.606. The monoisotopic (exact) mass is 314 g/mol. The summed E-state index contributed by atoms with van der Waals surface area (Å²) in [5, 5.41) is 19.5. The van der Waals surface area contributed by atoms with Crippen LogP contribution in [0.3, 0.4) is 0 Å². The first kappa shape index (κ1) is 21.6. The van der Waals surface area contributed by atoms with Crippen molar-refractivity contribution in [3.63, 3.8) is 0 Å². The lowest BCUT2D eigenvalue weighted by Crippen LogP contribution is -2.40. The molecule has 0 radical (unpaired) electrons. The molecule has 0 saturated heterocycles. The van der Waals surface area contributed by atoms with E-state index < -0.39 is 5.60 Å². The van der Waals surface area contributed by atoms with Gasteiger partial charge in [0.05, 0.1) is 11.7 Å². The van der Waals surface area contributed by atoms with Crippen LogP contribution in [0.1, 0.15) is 81.1 Å². The van der Waals surface area contributed by atoms with E-state index in [0.717, 1.165) is 19.1 Å². The highest BCUT2D eigenvalue weighted by molar-refractivity contribution is 5.59. The molecule has 0 aliphatic heterocycles. The molecule has 3 unspecified atom stereocenters. The maximum atomic E-state index is 10.5. The van der Waals surface area contributed by atoms with E-state index in [2.05, 4.69) is 34.6 Å². The van der Waals surface area contributed by atoms with Crippen LogP contribution in [0.5, 0.6) is 0 Å². The lowest BCUT2D eigenvalue weighted by Gasteiger charge is -2.39. The number of carbonyl (C=O) groups excluding carboxylic acids is 1. The van der Waals surface area contributed by atoms with Gasteiger partial charge in [-0.2, -0.15) is 0 Å². The molecule has 3 atom stereocenters. The fraction of sp³-hybridized carbons (Fsp3) is 0.947.